The zero-order valence-electron chi connectivity index (χ0n) is 19.8. The van der Waals surface area contributed by atoms with E-state index in [2.05, 4.69) is 24.1 Å². The maximum atomic E-state index is 12.8. The number of ether oxygens (including phenoxy) is 1. The molecule has 0 saturated carbocycles. The quantitative estimate of drug-likeness (QED) is 0.433. The lowest BCUT2D eigenvalue weighted by molar-refractivity contribution is -0.146. The molecule has 2 heterocycles. The molecule has 2 aromatic rings. The van der Waals surface area contributed by atoms with E-state index in [4.69, 9.17) is 9.57 Å². The molecule has 176 valence electrons. The molecule has 1 fully saturated rings. The molecule has 2 aromatic carbocycles. The van der Waals surface area contributed by atoms with Crippen molar-refractivity contribution in [2.24, 2.45) is 5.92 Å². The highest BCUT2D eigenvalue weighted by Crippen LogP contribution is 2.62. The van der Waals surface area contributed by atoms with Crippen LogP contribution in [0.1, 0.15) is 28.7 Å². The van der Waals surface area contributed by atoms with E-state index in [0.29, 0.717) is 23.5 Å². The van der Waals surface area contributed by atoms with E-state index in [1.165, 1.54) is 22.3 Å². The lowest BCUT2D eigenvalue weighted by atomic mass is 9.53. The van der Waals surface area contributed by atoms with E-state index in [9.17, 15) is 9.90 Å². The Balaban J connectivity index is 1.31. The Morgan fingerprint density at radius 1 is 1.29 bits per heavy atom. The second-order valence-corrected chi connectivity index (χ2v) is 10.1. The number of likely N-dealkylation sites (N-methyl/N-ethyl adjacent to an activating group) is 2. The summed E-state index contributed by atoms with van der Waals surface area (Å²) in [5.74, 6) is 1.23. The molecule has 2 aliphatic carbocycles. The molecule has 34 heavy (non-hydrogen) atoms. The Bertz CT molecular complexity index is 1220. The van der Waals surface area contributed by atoms with Crippen molar-refractivity contribution < 1.29 is 19.5 Å². The number of amides is 1. The van der Waals surface area contributed by atoms with Gasteiger partial charge in [0.1, 0.15) is 12.2 Å². The van der Waals surface area contributed by atoms with Crippen molar-refractivity contribution in [3.05, 3.63) is 76.9 Å². The first-order valence-electron chi connectivity index (χ1n) is 12.0. The number of piperidine rings is 1. The monoisotopic (exact) mass is 458 g/mol. The van der Waals surface area contributed by atoms with Gasteiger partial charge in [-0.3, -0.25) is 4.79 Å². The van der Waals surface area contributed by atoms with Crippen molar-refractivity contribution >= 4 is 12.0 Å². The average Bonchev–Trinajstić information content (AvgIpc) is 3.18. The van der Waals surface area contributed by atoms with Crippen LogP contribution in [-0.4, -0.2) is 59.9 Å². The molecule has 2 aliphatic heterocycles. The van der Waals surface area contributed by atoms with Crippen LogP contribution in [0.5, 0.6) is 11.5 Å². The fraction of sp³-hybridized carbons (Fsp3) is 0.393. The molecule has 0 unspecified atom stereocenters. The number of aliphatic hydroxyl groups is 1. The van der Waals surface area contributed by atoms with Crippen molar-refractivity contribution in [1.29, 1.82) is 0 Å². The van der Waals surface area contributed by atoms with Gasteiger partial charge in [-0.25, -0.2) is 0 Å². The number of carbonyl (C=O) groups is 1. The Kier molecular flexibility index (Phi) is 4.87. The molecule has 4 aliphatic rings. The Morgan fingerprint density at radius 2 is 2.15 bits per heavy atom. The average molecular weight is 459 g/mol. The summed E-state index contributed by atoms with van der Waals surface area (Å²) in [4.78, 5) is 21.2. The number of hydroxylamine groups is 2. The topological polar surface area (TPSA) is 62.2 Å². The van der Waals surface area contributed by atoms with Crippen LogP contribution in [0.3, 0.4) is 0 Å². The molecular weight excluding hydrogens is 428 g/mol. The highest BCUT2D eigenvalue weighted by molar-refractivity contribution is 5.91. The minimum absolute atomic E-state index is 0.249. The van der Waals surface area contributed by atoms with Gasteiger partial charge in [-0.15, -0.1) is 0 Å². The molecule has 6 heteroatoms. The van der Waals surface area contributed by atoms with Crippen molar-refractivity contribution in [2.45, 2.75) is 43.4 Å². The van der Waals surface area contributed by atoms with Gasteiger partial charge in [0.15, 0.2) is 11.5 Å². The number of hydrogen-bond acceptors (Lipinski definition) is 5. The van der Waals surface area contributed by atoms with Crippen LogP contribution in [0.25, 0.3) is 6.08 Å². The minimum Gasteiger partial charge on any atom is -0.482 e. The van der Waals surface area contributed by atoms with Gasteiger partial charge in [0.2, 0.25) is 0 Å². The lowest BCUT2D eigenvalue weighted by Gasteiger charge is -2.56. The summed E-state index contributed by atoms with van der Waals surface area (Å²) in [6, 6.07) is 12.4. The van der Waals surface area contributed by atoms with E-state index in [0.717, 1.165) is 30.5 Å². The standard InChI is InChI=1S/C28H30N2O4/c1-17-5-4-6-18(15-17)7-12-24(32)30(3)34-23-11-8-19-16-21-20-9-10-22(31)27-28(20,13-14-29(21)2)25(19)26(23)33-27/h4-12,15,20-22,27,31H,13-14,16H2,1-3H3/t20-,21+,22-,27-,28-/m0/s1. The Hall–Kier alpha value is -3.09. The first kappa shape index (κ1) is 21.4. The fourth-order valence-corrected chi connectivity index (χ4v) is 6.54. The van der Waals surface area contributed by atoms with Gasteiger partial charge < -0.3 is 19.6 Å². The minimum atomic E-state index is -0.664. The molecular formula is C28H30N2O4. The summed E-state index contributed by atoms with van der Waals surface area (Å²) in [5.41, 5.74) is 4.28. The molecule has 1 spiro atoms. The summed E-state index contributed by atoms with van der Waals surface area (Å²) in [7, 11) is 3.80. The molecule has 1 N–H and O–H groups in total. The van der Waals surface area contributed by atoms with Crippen LogP contribution in [-0.2, 0) is 16.6 Å². The Labute approximate surface area is 200 Å². The van der Waals surface area contributed by atoms with Gasteiger partial charge in [-0.2, -0.15) is 5.06 Å². The molecule has 5 atom stereocenters. The molecule has 1 saturated heterocycles. The molecule has 6 nitrogen and oxygen atoms in total. The van der Waals surface area contributed by atoms with Crippen LogP contribution in [0.4, 0.5) is 0 Å². The fourth-order valence-electron chi connectivity index (χ4n) is 6.54. The number of aryl methyl sites for hydroxylation is 1. The van der Waals surface area contributed by atoms with Crippen molar-refractivity contribution in [1.82, 2.24) is 9.96 Å². The molecule has 0 aromatic heterocycles. The summed E-state index contributed by atoms with van der Waals surface area (Å²) in [6.45, 7) is 2.99. The van der Waals surface area contributed by atoms with E-state index >= 15 is 0 Å². The number of likely N-dealkylation sites (tertiary alicyclic amines) is 1. The van der Waals surface area contributed by atoms with Crippen molar-refractivity contribution in [3.63, 3.8) is 0 Å². The first-order valence-corrected chi connectivity index (χ1v) is 12.0. The lowest BCUT2D eigenvalue weighted by Crippen LogP contribution is -2.64. The maximum Gasteiger partial charge on any atom is 0.278 e. The third kappa shape index (κ3) is 3.05. The van der Waals surface area contributed by atoms with Crippen LogP contribution in [0, 0.1) is 12.8 Å². The largest absolute Gasteiger partial charge is 0.482 e. The molecule has 1 amide bonds. The smallest absolute Gasteiger partial charge is 0.278 e. The van der Waals surface area contributed by atoms with Gasteiger partial charge in [0.05, 0.1) is 0 Å². The first-order chi connectivity index (χ1) is 16.4. The summed E-state index contributed by atoms with van der Waals surface area (Å²) >= 11 is 0. The number of nitrogens with zero attached hydrogens (tertiary/aromatic N) is 2. The van der Waals surface area contributed by atoms with Crippen LogP contribution < -0.4 is 9.57 Å². The van der Waals surface area contributed by atoms with Crippen LogP contribution >= 0.6 is 0 Å². The molecule has 2 bridgehead atoms. The van der Waals surface area contributed by atoms with E-state index in [1.807, 2.05) is 43.3 Å². The second kappa shape index (κ2) is 7.72. The number of rotatable bonds is 4. The summed E-state index contributed by atoms with van der Waals surface area (Å²) in [5, 5.41) is 12.1. The third-order valence-electron chi connectivity index (χ3n) is 8.14. The van der Waals surface area contributed by atoms with Gasteiger partial charge >= 0.3 is 0 Å². The van der Waals surface area contributed by atoms with Gasteiger partial charge in [0, 0.05) is 36.1 Å². The normalized spacial score (nSPS) is 30.7. The maximum absolute atomic E-state index is 12.8. The summed E-state index contributed by atoms with van der Waals surface area (Å²) < 4.78 is 6.48. The highest BCUT2D eigenvalue weighted by atomic mass is 16.7. The highest BCUT2D eigenvalue weighted by Gasteiger charge is 2.64. The number of carbonyl (C=O) groups excluding carboxylic acids is 1. The number of aliphatic hydroxyl groups excluding tert-OH is 1. The predicted molar refractivity (Wildman–Crippen MR) is 130 cm³/mol. The van der Waals surface area contributed by atoms with Crippen LogP contribution in [0.2, 0.25) is 0 Å². The number of hydrogen-bond donors (Lipinski definition) is 1. The third-order valence-corrected chi connectivity index (χ3v) is 8.14. The second-order valence-electron chi connectivity index (χ2n) is 10.1. The predicted octanol–water partition coefficient (Wildman–Crippen LogP) is 3.27. The number of benzene rings is 2. The van der Waals surface area contributed by atoms with Crippen molar-refractivity contribution in [3.8, 4) is 11.5 Å². The van der Waals surface area contributed by atoms with Gasteiger partial charge in [0.25, 0.3) is 5.91 Å². The van der Waals surface area contributed by atoms with E-state index in [-0.39, 0.29) is 17.4 Å². The van der Waals surface area contributed by atoms with E-state index < -0.39 is 6.10 Å². The molecule has 0 radical (unpaired) electrons. The Morgan fingerprint density at radius 3 is 2.97 bits per heavy atom. The van der Waals surface area contributed by atoms with E-state index in [1.54, 1.807) is 13.1 Å². The molecule has 6 rings (SSSR count). The zero-order valence-corrected chi connectivity index (χ0v) is 19.8. The zero-order chi connectivity index (χ0) is 23.6. The van der Waals surface area contributed by atoms with Gasteiger partial charge in [-0.1, -0.05) is 48.0 Å². The SMILES string of the molecule is Cc1cccc(C=CC(=O)N(C)Oc2ccc3c4c2O[C@H]2[C@@H](O)C=C[C@H]5[C@@H](C3)N(C)CC[C@@]452)c1. The van der Waals surface area contributed by atoms with Crippen molar-refractivity contribution in [2.75, 3.05) is 20.6 Å². The summed E-state index contributed by atoms with van der Waals surface area (Å²) in [6.07, 6.45) is 8.26. The van der Waals surface area contributed by atoms with Crippen LogP contribution in [0.15, 0.2) is 54.6 Å². The van der Waals surface area contributed by atoms with Gasteiger partial charge in [-0.05, 0) is 56.6 Å².